The summed E-state index contributed by atoms with van der Waals surface area (Å²) >= 11 is 0. The Morgan fingerprint density at radius 2 is 1.65 bits per heavy atom. The van der Waals surface area contributed by atoms with E-state index in [1.165, 1.54) is 12.8 Å². The molecule has 0 radical (unpaired) electrons. The molecule has 3 nitrogen and oxygen atoms in total. The Bertz CT molecular complexity index is 334. The second-order valence-corrected chi connectivity index (χ2v) is 4.54. The van der Waals surface area contributed by atoms with E-state index in [4.69, 9.17) is 0 Å². The molecule has 0 amide bonds. The molecule has 0 bridgehead atoms. The number of aliphatic hydroxyl groups is 1. The van der Waals surface area contributed by atoms with Gasteiger partial charge in [0.1, 0.15) is 0 Å². The van der Waals surface area contributed by atoms with Gasteiger partial charge in [0, 0.05) is 17.3 Å². The van der Waals surface area contributed by atoms with Gasteiger partial charge >= 0.3 is 0 Å². The van der Waals surface area contributed by atoms with Gasteiger partial charge < -0.3 is 15.3 Å². The van der Waals surface area contributed by atoms with Crippen molar-refractivity contribution in [1.82, 2.24) is 4.90 Å². The third-order valence-electron chi connectivity index (χ3n) is 3.27. The van der Waals surface area contributed by atoms with Gasteiger partial charge in [0.05, 0.1) is 6.61 Å². The fraction of sp³-hybridized carbons (Fsp3) is 0.647. The van der Waals surface area contributed by atoms with Crippen LogP contribution in [0.5, 0.6) is 0 Å². The summed E-state index contributed by atoms with van der Waals surface area (Å²) in [5.41, 5.74) is 2.07. The summed E-state index contributed by atoms with van der Waals surface area (Å²) in [6, 6.07) is 8.53. The lowest BCUT2D eigenvalue weighted by Gasteiger charge is -2.30. The van der Waals surface area contributed by atoms with Gasteiger partial charge in [0.2, 0.25) is 0 Å². The highest BCUT2D eigenvalue weighted by Gasteiger charge is 2.16. The number of anilines is 1. The zero-order chi connectivity index (χ0) is 15.4. The van der Waals surface area contributed by atoms with Crippen LogP contribution >= 0.6 is 0 Å². The topological polar surface area (TPSA) is 35.5 Å². The number of benzene rings is 1. The molecule has 1 saturated heterocycles. The fourth-order valence-corrected chi connectivity index (χ4v) is 2.17. The molecular formula is C17H32N2O. The highest BCUT2D eigenvalue weighted by atomic mass is 16.3. The summed E-state index contributed by atoms with van der Waals surface area (Å²) in [6.07, 6.45) is 2.35. The molecule has 1 aliphatic rings. The summed E-state index contributed by atoms with van der Waals surface area (Å²) in [6.45, 7) is 10.4. The predicted molar refractivity (Wildman–Crippen MR) is 89.2 cm³/mol. The zero-order valence-corrected chi connectivity index (χ0v) is 13.8. The minimum absolute atomic E-state index is 0.107. The van der Waals surface area contributed by atoms with Crippen LogP contribution in [-0.4, -0.2) is 36.2 Å². The average molecular weight is 280 g/mol. The first-order valence-corrected chi connectivity index (χ1v) is 7.93. The summed E-state index contributed by atoms with van der Waals surface area (Å²) < 4.78 is 0. The summed E-state index contributed by atoms with van der Waals surface area (Å²) in [7, 11) is 2.16. The lowest BCUT2D eigenvalue weighted by molar-refractivity contribution is 0.263. The van der Waals surface area contributed by atoms with Crippen LogP contribution < -0.4 is 5.32 Å². The second-order valence-electron chi connectivity index (χ2n) is 4.54. The van der Waals surface area contributed by atoms with Crippen LogP contribution in [0.25, 0.3) is 0 Å². The minimum atomic E-state index is 0.107. The van der Waals surface area contributed by atoms with Crippen molar-refractivity contribution in [2.24, 2.45) is 0 Å². The first-order valence-electron chi connectivity index (χ1n) is 7.93. The molecule has 0 aromatic heterocycles. The molecule has 1 aromatic carbocycles. The van der Waals surface area contributed by atoms with E-state index in [1.807, 2.05) is 52.0 Å². The van der Waals surface area contributed by atoms with E-state index in [9.17, 15) is 5.11 Å². The van der Waals surface area contributed by atoms with Gasteiger partial charge in [-0.3, -0.25) is 0 Å². The van der Waals surface area contributed by atoms with E-state index in [2.05, 4.69) is 17.3 Å². The average Bonchev–Trinajstić information content (AvgIpc) is 2.54. The fourth-order valence-electron chi connectivity index (χ4n) is 2.17. The maximum absolute atomic E-state index is 9.24. The molecule has 1 aromatic rings. The van der Waals surface area contributed by atoms with Gasteiger partial charge in [-0.25, -0.2) is 0 Å². The van der Waals surface area contributed by atoms with E-state index in [0.29, 0.717) is 6.04 Å². The molecule has 0 saturated carbocycles. The van der Waals surface area contributed by atoms with Crippen molar-refractivity contribution in [3.8, 4) is 0 Å². The molecule has 1 heterocycles. The minimum Gasteiger partial charge on any atom is -0.392 e. The van der Waals surface area contributed by atoms with Crippen LogP contribution in [0.1, 0.15) is 46.1 Å². The van der Waals surface area contributed by atoms with E-state index in [0.717, 1.165) is 24.3 Å². The maximum Gasteiger partial charge on any atom is 0.0701 e. The molecule has 0 atom stereocenters. The van der Waals surface area contributed by atoms with Gasteiger partial charge in [-0.15, -0.1) is 0 Å². The smallest absolute Gasteiger partial charge is 0.0701 e. The molecule has 0 spiro atoms. The molecule has 0 aliphatic carbocycles. The summed E-state index contributed by atoms with van der Waals surface area (Å²) in [4.78, 5) is 2.36. The van der Waals surface area contributed by atoms with Crippen LogP contribution in [0.2, 0.25) is 0 Å². The first kappa shape index (κ1) is 18.9. The zero-order valence-electron chi connectivity index (χ0n) is 13.8. The number of rotatable bonds is 3. The number of para-hydroxylation sites is 1. The van der Waals surface area contributed by atoms with Crippen LogP contribution in [-0.2, 0) is 6.61 Å². The monoisotopic (exact) mass is 280 g/mol. The number of aliphatic hydroxyl groups excluding tert-OH is 1. The van der Waals surface area contributed by atoms with Crippen LogP contribution in [0.15, 0.2) is 24.3 Å². The lowest BCUT2D eigenvalue weighted by Crippen LogP contribution is -2.36. The van der Waals surface area contributed by atoms with Gasteiger partial charge in [0.25, 0.3) is 0 Å². The van der Waals surface area contributed by atoms with Crippen molar-refractivity contribution in [2.75, 3.05) is 25.5 Å². The van der Waals surface area contributed by atoms with Crippen molar-refractivity contribution < 1.29 is 5.11 Å². The van der Waals surface area contributed by atoms with E-state index >= 15 is 0 Å². The SMILES string of the molecule is CC.CC.CN1CCC(Nc2ccccc2CO)CC1. The van der Waals surface area contributed by atoms with Crippen molar-refractivity contribution in [3.63, 3.8) is 0 Å². The molecule has 0 unspecified atom stereocenters. The number of likely N-dealkylation sites (tertiary alicyclic amines) is 1. The number of nitrogens with zero attached hydrogens (tertiary/aromatic N) is 1. The van der Waals surface area contributed by atoms with Gasteiger partial charge in [0.15, 0.2) is 0 Å². The van der Waals surface area contributed by atoms with Crippen molar-refractivity contribution >= 4 is 5.69 Å². The standard InChI is InChI=1S/C13H20N2O.2C2H6/c1-15-8-6-12(7-9-15)14-13-5-3-2-4-11(13)10-16;2*1-2/h2-5,12,14,16H,6-10H2,1H3;2*1-2H3. The Morgan fingerprint density at radius 3 is 2.20 bits per heavy atom. The number of hydrogen-bond donors (Lipinski definition) is 2. The molecule has 1 aliphatic heterocycles. The van der Waals surface area contributed by atoms with Crippen LogP contribution in [0.4, 0.5) is 5.69 Å². The summed E-state index contributed by atoms with van der Waals surface area (Å²) in [5, 5.41) is 12.8. The Labute approximate surface area is 125 Å². The largest absolute Gasteiger partial charge is 0.392 e. The highest BCUT2D eigenvalue weighted by Crippen LogP contribution is 2.19. The first-order chi connectivity index (χ1) is 9.79. The third-order valence-corrected chi connectivity index (χ3v) is 3.27. The van der Waals surface area contributed by atoms with E-state index in [1.54, 1.807) is 0 Å². The quantitative estimate of drug-likeness (QED) is 0.885. The number of nitrogens with one attached hydrogen (secondary N) is 1. The third kappa shape index (κ3) is 6.40. The van der Waals surface area contributed by atoms with Gasteiger partial charge in [-0.05, 0) is 39.0 Å². The Balaban J connectivity index is 0.000000829. The Hall–Kier alpha value is -1.06. The summed E-state index contributed by atoms with van der Waals surface area (Å²) in [5.74, 6) is 0. The Morgan fingerprint density at radius 1 is 1.10 bits per heavy atom. The van der Waals surface area contributed by atoms with Crippen molar-refractivity contribution in [2.45, 2.75) is 53.2 Å². The molecular weight excluding hydrogens is 248 g/mol. The van der Waals surface area contributed by atoms with Crippen molar-refractivity contribution in [1.29, 1.82) is 0 Å². The van der Waals surface area contributed by atoms with Crippen LogP contribution in [0, 0.1) is 0 Å². The predicted octanol–water partition coefficient (Wildman–Crippen LogP) is 3.74. The van der Waals surface area contributed by atoms with E-state index < -0.39 is 0 Å². The molecule has 2 N–H and O–H groups in total. The number of hydrogen-bond acceptors (Lipinski definition) is 3. The highest BCUT2D eigenvalue weighted by molar-refractivity contribution is 5.51. The molecule has 2 rings (SSSR count). The normalized spacial score (nSPS) is 15.5. The van der Waals surface area contributed by atoms with Crippen molar-refractivity contribution in [3.05, 3.63) is 29.8 Å². The van der Waals surface area contributed by atoms with Crippen LogP contribution in [0.3, 0.4) is 0 Å². The van der Waals surface area contributed by atoms with E-state index in [-0.39, 0.29) is 6.61 Å². The Kier molecular flexibility index (Phi) is 11.1. The molecule has 1 fully saturated rings. The molecule has 116 valence electrons. The molecule has 20 heavy (non-hydrogen) atoms. The lowest BCUT2D eigenvalue weighted by atomic mass is 10.0. The number of piperidine rings is 1. The second kappa shape index (κ2) is 11.7. The maximum atomic E-state index is 9.24. The molecule has 3 heteroatoms. The van der Waals surface area contributed by atoms with Gasteiger partial charge in [-0.1, -0.05) is 45.9 Å². The van der Waals surface area contributed by atoms with Gasteiger partial charge in [-0.2, -0.15) is 0 Å².